The number of benzene rings is 1. The van der Waals surface area contributed by atoms with E-state index in [2.05, 4.69) is 15.0 Å². The van der Waals surface area contributed by atoms with E-state index in [-0.39, 0.29) is 29.0 Å². The zero-order valence-electron chi connectivity index (χ0n) is 10.7. The summed E-state index contributed by atoms with van der Waals surface area (Å²) in [5, 5.41) is 2.89. The van der Waals surface area contributed by atoms with Gasteiger partial charge in [-0.05, 0) is 29.8 Å². The summed E-state index contributed by atoms with van der Waals surface area (Å²) in [5.41, 5.74) is 0.951. The Balaban J connectivity index is 1.92. The first kappa shape index (κ1) is 15.2. The topological polar surface area (TPSA) is 51.2 Å². The quantitative estimate of drug-likeness (QED) is 0.862. The number of halogens is 3. The van der Waals surface area contributed by atoms with Crippen molar-refractivity contribution >= 4 is 17.5 Å². The predicted octanol–water partition coefficient (Wildman–Crippen LogP) is 3.27. The Bertz CT molecular complexity index is 621. The zero-order chi connectivity index (χ0) is 15.2. The Morgan fingerprint density at radius 1 is 1.24 bits per heavy atom. The molecular formula is C14H11ClF2N2O2. The lowest BCUT2D eigenvalue weighted by atomic mass is 10.2. The minimum atomic E-state index is -2.86. The first-order valence-electron chi connectivity index (χ1n) is 5.99. The average Bonchev–Trinajstić information content (AvgIpc) is 2.45. The number of hydrogen-bond donors (Lipinski definition) is 1. The van der Waals surface area contributed by atoms with Gasteiger partial charge in [0.05, 0.1) is 0 Å². The lowest BCUT2D eigenvalue weighted by Gasteiger charge is -2.07. The van der Waals surface area contributed by atoms with Gasteiger partial charge in [-0.3, -0.25) is 4.79 Å². The van der Waals surface area contributed by atoms with Gasteiger partial charge in [-0.15, -0.1) is 0 Å². The van der Waals surface area contributed by atoms with Crippen molar-refractivity contribution in [2.24, 2.45) is 0 Å². The molecule has 1 amide bonds. The van der Waals surface area contributed by atoms with E-state index >= 15 is 0 Å². The van der Waals surface area contributed by atoms with Gasteiger partial charge in [0.25, 0.3) is 5.91 Å². The van der Waals surface area contributed by atoms with E-state index in [1.807, 2.05) is 0 Å². The summed E-state index contributed by atoms with van der Waals surface area (Å²) in [5.74, 6) is -0.304. The summed E-state index contributed by atoms with van der Waals surface area (Å²) >= 11 is 5.70. The molecule has 0 fully saturated rings. The SMILES string of the molecule is O=C(NCc1ccc(OC(F)F)cc1)c1cccc(Cl)n1. The number of pyridine rings is 1. The first-order valence-corrected chi connectivity index (χ1v) is 6.37. The second-order valence-corrected chi connectivity index (χ2v) is 4.44. The molecule has 1 N–H and O–H groups in total. The van der Waals surface area contributed by atoms with Crippen LogP contribution in [0.1, 0.15) is 16.1 Å². The Labute approximate surface area is 124 Å². The number of carbonyl (C=O) groups excluding carboxylic acids is 1. The van der Waals surface area contributed by atoms with Crippen LogP contribution in [0.4, 0.5) is 8.78 Å². The number of amides is 1. The van der Waals surface area contributed by atoms with Crippen LogP contribution in [0.3, 0.4) is 0 Å². The minimum Gasteiger partial charge on any atom is -0.435 e. The van der Waals surface area contributed by atoms with Crippen LogP contribution in [0.25, 0.3) is 0 Å². The highest BCUT2D eigenvalue weighted by molar-refractivity contribution is 6.29. The fraction of sp³-hybridized carbons (Fsp3) is 0.143. The maximum atomic E-state index is 12.0. The van der Waals surface area contributed by atoms with E-state index in [9.17, 15) is 13.6 Å². The highest BCUT2D eigenvalue weighted by Gasteiger charge is 2.08. The second-order valence-electron chi connectivity index (χ2n) is 4.05. The highest BCUT2D eigenvalue weighted by atomic mass is 35.5. The van der Waals surface area contributed by atoms with E-state index in [0.29, 0.717) is 0 Å². The molecule has 1 aromatic heterocycles. The molecule has 4 nitrogen and oxygen atoms in total. The number of nitrogens with one attached hydrogen (secondary N) is 1. The van der Waals surface area contributed by atoms with Crippen LogP contribution in [-0.2, 0) is 6.54 Å². The molecule has 1 aromatic carbocycles. The zero-order valence-corrected chi connectivity index (χ0v) is 11.5. The fourth-order valence-electron chi connectivity index (χ4n) is 1.60. The summed E-state index contributed by atoms with van der Waals surface area (Å²) < 4.78 is 28.2. The van der Waals surface area contributed by atoms with E-state index in [1.165, 1.54) is 12.1 Å². The largest absolute Gasteiger partial charge is 0.435 e. The van der Waals surface area contributed by atoms with Gasteiger partial charge >= 0.3 is 6.61 Å². The molecule has 0 aliphatic rings. The van der Waals surface area contributed by atoms with Crippen LogP contribution in [0, 0.1) is 0 Å². The second kappa shape index (κ2) is 6.99. The third kappa shape index (κ3) is 4.68. The molecule has 7 heteroatoms. The standard InChI is InChI=1S/C14H11ClF2N2O2/c15-12-3-1-2-11(19-12)13(20)18-8-9-4-6-10(7-5-9)21-14(16)17/h1-7,14H,8H2,(H,18,20). The van der Waals surface area contributed by atoms with E-state index in [1.54, 1.807) is 30.3 Å². The monoisotopic (exact) mass is 312 g/mol. The van der Waals surface area contributed by atoms with Gasteiger partial charge in [0, 0.05) is 6.54 Å². The van der Waals surface area contributed by atoms with Gasteiger partial charge in [-0.25, -0.2) is 4.98 Å². The molecule has 2 aromatic rings. The Morgan fingerprint density at radius 3 is 2.57 bits per heavy atom. The molecular weight excluding hydrogens is 302 g/mol. The molecule has 110 valence electrons. The van der Waals surface area contributed by atoms with Crippen molar-refractivity contribution in [3.05, 3.63) is 58.9 Å². The predicted molar refractivity (Wildman–Crippen MR) is 73.5 cm³/mol. The summed E-state index contributed by atoms with van der Waals surface area (Å²) in [7, 11) is 0. The van der Waals surface area contributed by atoms with Gasteiger partial charge in [0.2, 0.25) is 0 Å². The van der Waals surface area contributed by atoms with E-state index < -0.39 is 6.61 Å². The number of rotatable bonds is 5. The van der Waals surface area contributed by atoms with Gasteiger partial charge in [-0.2, -0.15) is 8.78 Å². The van der Waals surface area contributed by atoms with Gasteiger partial charge in [0.15, 0.2) is 0 Å². The fourth-order valence-corrected chi connectivity index (χ4v) is 1.76. The number of hydrogen-bond acceptors (Lipinski definition) is 3. The van der Waals surface area contributed by atoms with Crippen molar-refractivity contribution in [2.45, 2.75) is 13.2 Å². The normalized spacial score (nSPS) is 10.5. The van der Waals surface area contributed by atoms with Crippen molar-refractivity contribution in [3.63, 3.8) is 0 Å². The van der Waals surface area contributed by atoms with E-state index in [0.717, 1.165) is 5.56 Å². The average molecular weight is 313 g/mol. The number of alkyl halides is 2. The molecule has 0 bridgehead atoms. The Morgan fingerprint density at radius 2 is 1.95 bits per heavy atom. The molecule has 0 saturated heterocycles. The lowest BCUT2D eigenvalue weighted by Crippen LogP contribution is -2.23. The van der Waals surface area contributed by atoms with Gasteiger partial charge < -0.3 is 10.1 Å². The third-order valence-electron chi connectivity index (χ3n) is 2.55. The molecule has 2 rings (SSSR count). The molecule has 0 aliphatic carbocycles. The minimum absolute atomic E-state index is 0.0663. The van der Waals surface area contributed by atoms with Crippen LogP contribution < -0.4 is 10.1 Å². The van der Waals surface area contributed by atoms with Crippen LogP contribution >= 0.6 is 11.6 Å². The number of carbonyl (C=O) groups is 1. The van der Waals surface area contributed by atoms with Crippen molar-refractivity contribution in [2.75, 3.05) is 0 Å². The van der Waals surface area contributed by atoms with Crippen molar-refractivity contribution in [1.29, 1.82) is 0 Å². The van der Waals surface area contributed by atoms with Crippen molar-refractivity contribution < 1.29 is 18.3 Å². The lowest BCUT2D eigenvalue weighted by molar-refractivity contribution is -0.0498. The van der Waals surface area contributed by atoms with Crippen molar-refractivity contribution in [1.82, 2.24) is 10.3 Å². The molecule has 0 radical (unpaired) electrons. The smallest absolute Gasteiger partial charge is 0.387 e. The van der Waals surface area contributed by atoms with E-state index in [4.69, 9.17) is 11.6 Å². The Hall–Kier alpha value is -2.21. The molecule has 0 atom stereocenters. The van der Waals surface area contributed by atoms with Crippen LogP contribution in [0.2, 0.25) is 5.15 Å². The van der Waals surface area contributed by atoms with Crippen molar-refractivity contribution in [3.8, 4) is 5.75 Å². The summed E-state index contributed by atoms with van der Waals surface area (Å²) in [4.78, 5) is 15.7. The number of aromatic nitrogens is 1. The van der Waals surface area contributed by atoms with Gasteiger partial charge in [-0.1, -0.05) is 29.8 Å². The molecule has 0 unspecified atom stereocenters. The molecule has 0 aliphatic heterocycles. The maximum absolute atomic E-state index is 12.0. The molecule has 0 spiro atoms. The summed E-state index contributed by atoms with van der Waals surface area (Å²) in [6.45, 7) is -2.62. The number of ether oxygens (including phenoxy) is 1. The van der Waals surface area contributed by atoms with Gasteiger partial charge in [0.1, 0.15) is 16.6 Å². The Kier molecular flexibility index (Phi) is 5.05. The molecule has 0 saturated carbocycles. The van der Waals surface area contributed by atoms with Crippen LogP contribution in [0.15, 0.2) is 42.5 Å². The van der Waals surface area contributed by atoms with Crippen LogP contribution in [-0.4, -0.2) is 17.5 Å². The summed E-state index contributed by atoms with van der Waals surface area (Å²) in [6.07, 6.45) is 0. The highest BCUT2D eigenvalue weighted by Crippen LogP contribution is 2.14. The first-order chi connectivity index (χ1) is 10.0. The maximum Gasteiger partial charge on any atom is 0.387 e. The summed E-state index contributed by atoms with van der Waals surface area (Å²) in [6, 6.07) is 10.7. The molecule has 21 heavy (non-hydrogen) atoms. The van der Waals surface area contributed by atoms with Crippen LogP contribution in [0.5, 0.6) is 5.75 Å². The molecule has 1 heterocycles. The third-order valence-corrected chi connectivity index (χ3v) is 2.76. The number of nitrogens with zero attached hydrogens (tertiary/aromatic N) is 1.